The van der Waals surface area contributed by atoms with Gasteiger partial charge in [0.05, 0.1) is 0 Å². The van der Waals surface area contributed by atoms with Crippen LogP contribution in [0.25, 0.3) is 0 Å². The van der Waals surface area contributed by atoms with E-state index in [1.54, 1.807) is 0 Å². The monoisotopic (exact) mass is 1090 g/mol. The summed E-state index contributed by atoms with van der Waals surface area (Å²) in [5.41, 5.74) is 0. The molecule has 6 nitrogen and oxygen atoms in total. The van der Waals surface area contributed by atoms with Gasteiger partial charge in [-0.2, -0.15) is 0 Å². The Labute approximate surface area is 486 Å². The number of hydrogen-bond donors (Lipinski definition) is 0. The lowest BCUT2D eigenvalue weighted by Crippen LogP contribution is -2.30. The van der Waals surface area contributed by atoms with Gasteiger partial charge in [0.2, 0.25) is 0 Å². The molecule has 0 heterocycles. The molecule has 1 unspecified atom stereocenters. The van der Waals surface area contributed by atoms with Gasteiger partial charge in [0.25, 0.3) is 0 Å². The first-order valence-corrected chi connectivity index (χ1v) is 32.0. The number of ether oxygens (including phenoxy) is 3. The van der Waals surface area contributed by atoms with Crippen LogP contribution in [0.4, 0.5) is 0 Å². The van der Waals surface area contributed by atoms with Crippen LogP contribution in [-0.4, -0.2) is 37.2 Å². The van der Waals surface area contributed by atoms with E-state index in [2.05, 4.69) is 179 Å². The number of hydrogen-bond acceptors (Lipinski definition) is 6. The molecule has 0 saturated carbocycles. The molecule has 0 spiro atoms. The molecule has 444 valence electrons. The van der Waals surface area contributed by atoms with Crippen LogP contribution < -0.4 is 0 Å². The SMILES string of the molecule is CC/C=C\C/C=C\C/C=C\C/C=C\C/C=C\C/C=C\C/C=C\C/C=C\C/C=C\CCCC(=O)OCC(COC(=O)CCCCCCC/C=C\C/C=C\CCCCC)OC(=O)CCCCCCCCC/C=C\C/C=C\CCCCC. The minimum absolute atomic E-state index is 0.113. The summed E-state index contributed by atoms with van der Waals surface area (Å²) in [5.74, 6) is -0.998. The molecule has 0 rings (SSSR count). The molecule has 0 aliphatic heterocycles. The lowest BCUT2D eigenvalue weighted by atomic mass is 10.1. The van der Waals surface area contributed by atoms with E-state index in [1.165, 1.54) is 77.0 Å². The number of allylic oxidation sites excluding steroid dienone is 26. The molecule has 1 atom stereocenters. The summed E-state index contributed by atoms with van der Waals surface area (Å²) in [6.07, 6.45) is 95.3. The lowest BCUT2D eigenvalue weighted by molar-refractivity contribution is -0.167. The quantitative estimate of drug-likeness (QED) is 0.0261. The van der Waals surface area contributed by atoms with Gasteiger partial charge in [0.15, 0.2) is 6.10 Å². The van der Waals surface area contributed by atoms with Crippen LogP contribution in [0.5, 0.6) is 0 Å². The largest absolute Gasteiger partial charge is 0.462 e. The molecule has 0 aromatic heterocycles. The summed E-state index contributed by atoms with van der Waals surface area (Å²) in [5, 5.41) is 0. The number of esters is 3. The highest BCUT2D eigenvalue weighted by Gasteiger charge is 2.19. The Morgan fingerprint density at radius 1 is 0.266 bits per heavy atom. The van der Waals surface area contributed by atoms with Crippen molar-refractivity contribution in [1.29, 1.82) is 0 Å². The van der Waals surface area contributed by atoms with E-state index in [0.717, 1.165) is 141 Å². The summed E-state index contributed by atoms with van der Waals surface area (Å²) in [7, 11) is 0. The van der Waals surface area contributed by atoms with Crippen LogP contribution >= 0.6 is 0 Å². The standard InChI is InChI=1S/C73H116O6/c1-4-7-10-13-16-19-22-25-28-30-31-32-33-34-35-36-37-38-39-40-41-43-45-48-51-54-57-60-63-66-72(75)78-69-70(68-77-71(74)65-62-59-56-53-50-47-44-27-24-21-18-15-12-9-6-3)79-73(76)67-64-61-58-55-52-49-46-42-29-26-23-20-17-14-11-8-5-2/h7,10,16-21,25-29,31-32,34-35,37-38,40-41,44-45,48,54,57,70H,4-6,8-9,11-15,22-24,30,33,36,39,42-43,46-47,49-53,55-56,58-69H2,1-3H3/b10-7-,19-16-,20-17-,21-18-,28-25-,29-26-,32-31-,35-34-,38-37-,41-40-,44-27-,48-45-,57-54-. The fraction of sp³-hybridized carbons (Fsp3) is 0.603. The van der Waals surface area contributed by atoms with E-state index in [1.807, 2.05) is 0 Å². The average Bonchev–Trinajstić information content (AvgIpc) is 3.45. The summed E-state index contributed by atoms with van der Waals surface area (Å²) < 4.78 is 16.8. The summed E-state index contributed by atoms with van der Waals surface area (Å²) in [6, 6.07) is 0. The molecule has 0 amide bonds. The van der Waals surface area contributed by atoms with Crippen LogP contribution in [0.2, 0.25) is 0 Å². The summed E-state index contributed by atoms with van der Waals surface area (Å²) in [6.45, 7) is 6.40. The van der Waals surface area contributed by atoms with E-state index in [4.69, 9.17) is 14.2 Å². The van der Waals surface area contributed by atoms with Gasteiger partial charge in [0, 0.05) is 19.3 Å². The van der Waals surface area contributed by atoms with E-state index >= 15 is 0 Å². The van der Waals surface area contributed by atoms with Crippen LogP contribution in [0.1, 0.15) is 265 Å². The maximum atomic E-state index is 12.9. The Balaban J connectivity index is 4.50. The van der Waals surface area contributed by atoms with Gasteiger partial charge in [0.1, 0.15) is 13.2 Å². The fourth-order valence-corrected chi connectivity index (χ4v) is 8.21. The molecule has 0 bridgehead atoms. The van der Waals surface area contributed by atoms with Gasteiger partial charge in [-0.3, -0.25) is 14.4 Å². The van der Waals surface area contributed by atoms with Crippen LogP contribution in [-0.2, 0) is 28.6 Å². The Morgan fingerprint density at radius 2 is 0.506 bits per heavy atom. The van der Waals surface area contributed by atoms with E-state index < -0.39 is 6.10 Å². The summed E-state index contributed by atoms with van der Waals surface area (Å²) in [4.78, 5) is 38.3. The van der Waals surface area contributed by atoms with Crippen LogP contribution in [0.3, 0.4) is 0 Å². The molecule has 0 aromatic carbocycles. The van der Waals surface area contributed by atoms with Crippen molar-refractivity contribution in [2.75, 3.05) is 13.2 Å². The smallest absolute Gasteiger partial charge is 0.306 e. The number of carbonyl (C=O) groups is 3. The van der Waals surface area contributed by atoms with Gasteiger partial charge < -0.3 is 14.2 Å². The topological polar surface area (TPSA) is 78.9 Å². The van der Waals surface area contributed by atoms with Crippen molar-refractivity contribution < 1.29 is 28.6 Å². The maximum absolute atomic E-state index is 12.9. The molecule has 0 aliphatic carbocycles. The molecule has 0 N–H and O–H groups in total. The van der Waals surface area contributed by atoms with Gasteiger partial charge in [-0.1, -0.05) is 256 Å². The highest BCUT2D eigenvalue weighted by atomic mass is 16.6. The second kappa shape index (κ2) is 65.5. The van der Waals surface area contributed by atoms with Crippen LogP contribution in [0, 0.1) is 0 Å². The van der Waals surface area contributed by atoms with Crippen molar-refractivity contribution in [2.24, 2.45) is 0 Å². The molecule has 0 fully saturated rings. The Hall–Kier alpha value is -4.97. The van der Waals surface area contributed by atoms with Crippen molar-refractivity contribution in [3.63, 3.8) is 0 Å². The number of unbranched alkanes of at least 4 members (excludes halogenated alkanes) is 19. The van der Waals surface area contributed by atoms with Crippen molar-refractivity contribution >= 4 is 17.9 Å². The zero-order valence-corrected chi connectivity index (χ0v) is 50.8. The number of rotatable bonds is 56. The third-order valence-corrected chi connectivity index (χ3v) is 13.0. The van der Waals surface area contributed by atoms with Crippen molar-refractivity contribution in [3.8, 4) is 0 Å². The number of carbonyl (C=O) groups excluding carboxylic acids is 3. The second-order valence-electron chi connectivity index (χ2n) is 20.6. The Bertz CT molecular complexity index is 1780. The maximum Gasteiger partial charge on any atom is 0.306 e. The van der Waals surface area contributed by atoms with Crippen molar-refractivity contribution in [3.05, 3.63) is 158 Å². The highest BCUT2D eigenvalue weighted by molar-refractivity contribution is 5.71. The van der Waals surface area contributed by atoms with Gasteiger partial charge in [-0.15, -0.1) is 0 Å². The molecule has 0 aliphatic rings. The first-order valence-electron chi connectivity index (χ1n) is 32.0. The molecular formula is C73H116O6. The van der Waals surface area contributed by atoms with Gasteiger partial charge in [-0.05, 0) is 148 Å². The summed E-state index contributed by atoms with van der Waals surface area (Å²) >= 11 is 0. The molecule has 79 heavy (non-hydrogen) atoms. The van der Waals surface area contributed by atoms with Crippen molar-refractivity contribution in [2.45, 2.75) is 271 Å². The molecule has 0 aromatic rings. The zero-order valence-electron chi connectivity index (χ0n) is 50.8. The van der Waals surface area contributed by atoms with Gasteiger partial charge in [-0.25, -0.2) is 0 Å². The second-order valence-corrected chi connectivity index (χ2v) is 20.6. The predicted octanol–water partition coefficient (Wildman–Crippen LogP) is 22.1. The first-order chi connectivity index (χ1) is 39.0. The molecular weight excluding hydrogens is 973 g/mol. The molecule has 6 heteroatoms. The predicted molar refractivity (Wildman–Crippen MR) is 343 cm³/mol. The zero-order chi connectivity index (χ0) is 57.1. The average molecular weight is 1090 g/mol. The van der Waals surface area contributed by atoms with Crippen molar-refractivity contribution in [1.82, 2.24) is 0 Å². The van der Waals surface area contributed by atoms with E-state index in [0.29, 0.717) is 19.3 Å². The minimum Gasteiger partial charge on any atom is -0.462 e. The lowest BCUT2D eigenvalue weighted by Gasteiger charge is -2.18. The third-order valence-electron chi connectivity index (χ3n) is 13.0. The minimum atomic E-state index is -0.820. The third kappa shape index (κ3) is 63.7. The molecule has 0 radical (unpaired) electrons. The van der Waals surface area contributed by atoms with E-state index in [9.17, 15) is 14.4 Å². The van der Waals surface area contributed by atoms with Crippen LogP contribution in [0.15, 0.2) is 158 Å². The molecule has 0 saturated heterocycles. The fourth-order valence-electron chi connectivity index (χ4n) is 8.21. The first kappa shape index (κ1) is 74.0. The normalized spacial score (nSPS) is 13.2. The highest BCUT2D eigenvalue weighted by Crippen LogP contribution is 2.14. The van der Waals surface area contributed by atoms with E-state index in [-0.39, 0.29) is 37.5 Å². The Kier molecular flexibility index (Phi) is 61.4. The van der Waals surface area contributed by atoms with Gasteiger partial charge >= 0.3 is 17.9 Å². The Morgan fingerprint density at radius 3 is 0.823 bits per heavy atom.